The van der Waals surface area contributed by atoms with Crippen LogP contribution < -0.4 is 16.3 Å². The summed E-state index contributed by atoms with van der Waals surface area (Å²) in [6, 6.07) is 22.9. The summed E-state index contributed by atoms with van der Waals surface area (Å²) in [5.41, 5.74) is 1.66. The smallest absolute Gasteiger partial charge is 0.332 e. The van der Waals surface area contributed by atoms with Gasteiger partial charge in [-0.25, -0.2) is 4.79 Å². The maximum absolute atomic E-state index is 13.1. The summed E-state index contributed by atoms with van der Waals surface area (Å²) in [5.74, 6) is -0.439. The number of carbonyl (C=O) groups is 1. The third-order valence-electron chi connectivity index (χ3n) is 4.89. The number of anilines is 1. The van der Waals surface area contributed by atoms with Gasteiger partial charge in [0.05, 0.1) is 11.3 Å². The van der Waals surface area contributed by atoms with E-state index in [0.717, 1.165) is 16.5 Å². The van der Waals surface area contributed by atoms with E-state index in [4.69, 9.17) is 12.2 Å². The van der Waals surface area contributed by atoms with Crippen molar-refractivity contribution in [2.24, 2.45) is 0 Å². The minimum Gasteiger partial charge on any atom is -0.332 e. The van der Waals surface area contributed by atoms with Crippen LogP contribution in [0.2, 0.25) is 0 Å². The van der Waals surface area contributed by atoms with Gasteiger partial charge in [0.2, 0.25) is 0 Å². The lowest BCUT2D eigenvalue weighted by Crippen LogP contribution is -2.36. The fourth-order valence-corrected chi connectivity index (χ4v) is 3.56. The molecule has 31 heavy (non-hydrogen) atoms. The van der Waals surface area contributed by atoms with Gasteiger partial charge in [0.25, 0.3) is 5.91 Å². The largest absolute Gasteiger partial charge is 0.348 e. The molecule has 0 bridgehead atoms. The lowest BCUT2D eigenvalue weighted by molar-refractivity contribution is 0.0977. The van der Waals surface area contributed by atoms with Gasteiger partial charge < -0.3 is 5.32 Å². The van der Waals surface area contributed by atoms with Gasteiger partial charge in [-0.05, 0) is 30.6 Å². The number of carbonyl (C=O) groups excluding carboxylic acids is 1. The normalized spacial score (nSPS) is 10.6. The quantitative estimate of drug-likeness (QED) is 0.476. The number of thiocarbonyl (C=S) groups is 1. The van der Waals surface area contributed by atoms with Crippen molar-refractivity contribution in [2.45, 2.75) is 13.5 Å². The molecule has 0 atom stereocenters. The summed E-state index contributed by atoms with van der Waals surface area (Å²) >= 11 is 5.39. The number of aromatic nitrogens is 2. The molecular formula is C24H20N4O2S. The van der Waals surface area contributed by atoms with E-state index in [1.807, 2.05) is 79.7 Å². The molecule has 0 aliphatic rings. The number of aryl methyl sites for hydroxylation is 1. The Balaban J connectivity index is 1.63. The molecule has 0 aliphatic carbocycles. The molecule has 4 rings (SSSR count). The summed E-state index contributed by atoms with van der Waals surface area (Å²) < 4.78 is 1.39. The van der Waals surface area contributed by atoms with Crippen molar-refractivity contribution in [1.82, 2.24) is 14.9 Å². The lowest BCUT2D eigenvalue weighted by atomic mass is 10.1. The zero-order valence-corrected chi connectivity index (χ0v) is 17.6. The molecule has 154 valence electrons. The van der Waals surface area contributed by atoms with E-state index in [1.165, 1.54) is 10.8 Å². The molecule has 4 aromatic rings. The van der Waals surface area contributed by atoms with E-state index in [1.54, 1.807) is 0 Å². The van der Waals surface area contributed by atoms with Gasteiger partial charge >= 0.3 is 5.69 Å². The maximum Gasteiger partial charge on any atom is 0.348 e. The average molecular weight is 429 g/mol. The van der Waals surface area contributed by atoms with Gasteiger partial charge in [-0.1, -0.05) is 66.7 Å². The summed E-state index contributed by atoms with van der Waals surface area (Å²) in [6.07, 6.45) is 1.52. The zero-order valence-electron chi connectivity index (χ0n) is 16.8. The van der Waals surface area contributed by atoms with Crippen LogP contribution in [0, 0.1) is 0 Å². The molecule has 1 aromatic heterocycles. The highest BCUT2D eigenvalue weighted by molar-refractivity contribution is 7.80. The highest BCUT2D eigenvalue weighted by atomic mass is 32.1. The van der Waals surface area contributed by atoms with Crippen molar-refractivity contribution < 1.29 is 4.79 Å². The van der Waals surface area contributed by atoms with Crippen LogP contribution in [0.25, 0.3) is 22.0 Å². The van der Waals surface area contributed by atoms with Crippen LogP contribution >= 0.6 is 12.2 Å². The second-order valence-electron chi connectivity index (χ2n) is 6.87. The van der Waals surface area contributed by atoms with Crippen LogP contribution in [0.1, 0.15) is 17.3 Å². The Morgan fingerprint density at radius 3 is 2.48 bits per heavy atom. The van der Waals surface area contributed by atoms with E-state index >= 15 is 0 Å². The van der Waals surface area contributed by atoms with E-state index < -0.39 is 11.6 Å². The van der Waals surface area contributed by atoms with Gasteiger partial charge in [-0.3, -0.25) is 14.7 Å². The van der Waals surface area contributed by atoms with Crippen LogP contribution in [0.3, 0.4) is 0 Å². The fraction of sp³-hybridized carbons (Fsp3) is 0.0833. The number of fused-ring (bicyclic) bond motifs is 1. The maximum atomic E-state index is 13.1. The second-order valence-corrected chi connectivity index (χ2v) is 7.28. The Morgan fingerprint density at radius 2 is 1.71 bits per heavy atom. The average Bonchev–Trinajstić information content (AvgIpc) is 2.79. The van der Waals surface area contributed by atoms with Crippen molar-refractivity contribution in [3.63, 3.8) is 0 Å². The number of rotatable bonds is 4. The molecule has 0 saturated heterocycles. The number of nitrogens with one attached hydrogen (secondary N) is 2. The number of hydrogen-bond acceptors (Lipinski definition) is 4. The number of amides is 1. The van der Waals surface area contributed by atoms with Crippen molar-refractivity contribution in [3.05, 3.63) is 95.0 Å². The third-order valence-corrected chi connectivity index (χ3v) is 5.09. The standard InChI is InChI=1S/C24H20N4O2S/c1-2-28-15-19(21(26-24(28)30)17-10-4-3-5-11-17)22(29)27-23(31)25-20-14-8-12-16-9-6-7-13-18(16)20/h3-15H,2H2,1H3,(H2,25,27,29,31). The molecule has 0 saturated carbocycles. The molecule has 0 aliphatic heterocycles. The van der Waals surface area contributed by atoms with Crippen LogP contribution in [0.4, 0.5) is 5.69 Å². The molecule has 6 nitrogen and oxygen atoms in total. The predicted octanol–water partition coefficient (Wildman–Crippen LogP) is 4.21. The first-order chi connectivity index (χ1) is 15.1. The number of nitrogens with zero attached hydrogens (tertiary/aromatic N) is 2. The topological polar surface area (TPSA) is 76.0 Å². The van der Waals surface area contributed by atoms with Gasteiger partial charge in [-0.15, -0.1) is 0 Å². The first kappa shape index (κ1) is 20.4. The first-order valence-electron chi connectivity index (χ1n) is 9.84. The Hall–Kier alpha value is -3.84. The van der Waals surface area contributed by atoms with Crippen LogP contribution in [-0.4, -0.2) is 20.6 Å². The first-order valence-corrected chi connectivity index (χ1v) is 10.2. The summed E-state index contributed by atoms with van der Waals surface area (Å²) in [5, 5.41) is 8.03. The van der Waals surface area contributed by atoms with Crippen molar-refractivity contribution in [2.75, 3.05) is 5.32 Å². The Labute approximate surface area is 184 Å². The zero-order chi connectivity index (χ0) is 21.8. The SMILES string of the molecule is CCn1cc(C(=O)NC(=S)Nc2cccc3ccccc23)c(-c2ccccc2)nc1=O. The molecule has 0 fully saturated rings. The molecule has 7 heteroatoms. The number of hydrogen-bond donors (Lipinski definition) is 2. The molecule has 0 unspecified atom stereocenters. The molecular weight excluding hydrogens is 408 g/mol. The van der Waals surface area contributed by atoms with E-state index in [-0.39, 0.29) is 10.7 Å². The van der Waals surface area contributed by atoms with Crippen LogP contribution in [0.15, 0.2) is 83.8 Å². The summed E-state index contributed by atoms with van der Waals surface area (Å²) in [6.45, 7) is 2.22. The van der Waals surface area contributed by atoms with Gasteiger partial charge in [0.15, 0.2) is 5.11 Å². The Morgan fingerprint density at radius 1 is 1.00 bits per heavy atom. The molecule has 1 heterocycles. The summed E-state index contributed by atoms with van der Waals surface area (Å²) in [7, 11) is 0. The summed E-state index contributed by atoms with van der Waals surface area (Å²) in [4.78, 5) is 29.5. The Bertz CT molecular complexity index is 1330. The third kappa shape index (κ3) is 4.36. The molecule has 0 spiro atoms. The fourth-order valence-electron chi connectivity index (χ4n) is 3.36. The Kier molecular flexibility index (Phi) is 5.86. The van der Waals surface area contributed by atoms with Crippen molar-refractivity contribution in [1.29, 1.82) is 0 Å². The van der Waals surface area contributed by atoms with E-state index in [2.05, 4.69) is 15.6 Å². The van der Waals surface area contributed by atoms with Crippen LogP contribution in [-0.2, 0) is 6.54 Å². The number of benzene rings is 3. The van der Waals surface area contributed by atoms with Crippen molar-refractivity contribution in [3.8, 4) is 11.3 Å². The van der Waals surface area contributed by atoms with Gasteiger partial charge in [-0.2, -0.15) is 4.98 Å². The van der Waals surface area contributed by atoms with E-state index in [9.17, 15) is 9.59 Å². The molecule has 0 radical (unpaired) electrons. The van der Waals surface area contributed by atoms with Gasteiger partial charge in [0.1, 0.15) is 0 Å². The lowest BCUT2D eigenvalue weighted by Gasteiger charge is -2.14. The minimum atomic E-state index is -0.439. The van der Waals surface area contributed by atoms with E-state index in [0.29, 0.717) is 17.8 Å². The van der Waals surface area contributed by atoms with Crippen molar-refractivity contribution >= 4 is 39.7 Å². The monoisotopic (exact) mass is 428 g/mol. The van der Waals surface area contributed by atoms with Gasteiger partial charge in [0, 0.05) is 29.4 Å². The molecule has 1 amide bonds. The second kappa shape index (κ2) is 8.89. The highest BCUT2D eigenvalue weighted by Gasteiger charge is 2.18. The minimum absolute atomic E-state index is 0.162. The predicted molar refractivity (Wildman–Crippen MR) is 127 cm³/mol. The van der Waals surface area contributed by atoms with Crippen LogP contribution in [0.5, 0.6) is 0 Å². The molecule has 3 aromatic carbocycles. The molecule has 2 N–H and O–H groups in total. The highest BCUT2D eigenvalue weighted by Crippen LogP contribution is 2.23.